The first-order valence-electron chi connectivity index (χ1n) is 10.5. The van der Waals surface area contributed by atoms with E-state index in [9.17, 15) is 9.59 Å². The molecule has 0 aliphatic rings. The van der Waals surface area contributed by atoms with Gasteiger partial charge in [0.25, 0.3) is 5.91 Å². The van der Waals surface area contributed by atoms with E-state index in [1.54, 1.807) is 29.4 Å². The smallest absolute Gasteiger partial charge is 0.271 e. The molecule has 3 rings (SSSR count). The highest BCUT2D eigenvalue weighted by molar-refractivity contribution is 7.13. The predicted octanol–water partition coefficient (Wildman–Crippen LogP) is 5.07. The number of nitrogens with zero attached hydrogens (tertiary/aromatic N) is 3. The van der Waals surface area contributed by atoms with E-state index < -0.39 is 11.6 Å². The Balaban J connectivity index is 2.26. The van der Waals surface area contributed by atoms with Gasteiger partial charge in [0, 0.05) is 23.6 Å². The number of rotatable bonds is 5. The Morgan fingerprint density at radius 3 is 2.25 bits per heavy atom. The molecule has 0 bridgehead atoms. The van der Waals surface area contributed by atoms with Crippen LogP contribution >= 0.6 is 11.3 Å². The van der Waals surface area contributed by atoms with Gasteiger partial charge in [0.05, 0.1) is 10.7 Å². The molecule has 2 amide bonds. The molecule has 0 spiro atoms. The summed E-state index contributed by atoms with van der Waals surface area (Å²) in [7, 11) is 0. The third-order valence-corrected chi connectivity index (χ3v) is 6.03. The molecule has 6 nitrogen and oxygen atoms in total. The van der Waals surface area contributed by atoms with Crippen LogP contribution in [0.15, 0.2) is 42.7 Å². The molecule has 0 saturated heterocycles. The van der Waals surface area contributed by atoms with Crippen molar-refractivity contribution in [1.82, 2.24) is 15.3 Å². The summed E-state index contributed by atoms with van der Waals surface area (Å²) in [6.07, 6.45) is 3.28. The summed E-state index contributed by atoms with van der Waals surface area (Å²) in [5, 5.41) is 3.87. The number of hydrogen-bond acceptors (Lipinski definition) is 5. The minimum atomic E-state index is -0.868. The van der Waals surface area contributed by atoms with Gasteiger partial charge in [0.2, 0.25) is 5.91 Å². The fourth-order valence-electron chi connectivity index (χ4n) is 3.59. The number of aryl methyl sites for hydroxylation is 4. The Morgan fingerprint density at radius 2 is 1.69 bits per heavy atom. The summed E-state index contributed by atoms with van der Waals surface area (Å²) < 4.78 is 0. The molecule has 3 aromatic rings. The first-order valence-corrected chi connectivity index (χ1v) is 11.4. The number of pyridine rings is 1. The molecular formula is C25H30N4O2S. The number of amides is 2. The van der Waals surface area contributed by atoms with E-state index in [0.29, 0.717) is 21.8 Å². The molecule has 2 aromatic heterocycles. The lowest BCUT2D eigenvalue weighted by Gasteiger charge is -2.34. The average molecular weight is 451 g/mol. The molecule has 0 fully saturated rings. The van der Waals surface area contributed by atoms with Gasteiger partial charge in [-0.15, -0.1) is 11.3 Å². The average Bonchev–Trinajstić information content (AvgIpc) is 3.05. The summed E-state index contributed by atoms with van der Waals surface area (Å²) >= 11 is 1.35. The number of nitrogens with one attached hydrogen (secondary N) is 1. The molecule has 168 valence electrons. The van der Waals surface area contributed by atoms with E-state index in [-0.39, 0.29) is 11.8 Å². The normalized spacial score (nSPS) is 12.3. The topological polar surface area (TPSA) is 75.2 Å². The van der Waals surface area contributed by atoms with Crippen molar-refractivity contribution in [2.45, 2.75) is 60.0 Å². The number of anilines is 1. The second kappa shape index (κ2) is 9.20. The first kappa shape index (κ1) is 23.6. The highest BCUT2D eigenvalue weighted by atomic mass is 32.1. The fraction of sp³-hybridized carbons (Fsp3) is 0.360. The molecule has 1 atom stereocenters. The number of hydrogen-bond donors (Lipinski definition) is 1. The van der Waals surface area contributed by atoms with Crippen LogP contribution in [0.1, 0.15) is 63.9 Å². The first-order chi connectivity index (χ1) is 15.0. The van der Waals surface area contributed by atoms with E-state index >= 15 is 0 Å². The van der Waals surface area contributed by atoms with Gasteiger partial charge in [0.15, 0.2) is 0 Å². The maximum absolute atomic E-state index is 14.0. The summed E-state index contributed by atoms with van der Waals surface area (Å²) in [6, 6.07) is 8.62. The molecule has 0 unspecified atom stereocenters. The molecular weight excluding hydrogens is 420 g/mol. The second-order valence-corrected chi connectivity index (χ2v) is 10.2. The quantitative estimate of drug-likeness (QED) is 0.589. The SMILES string of the molecule is Cc1ccc(C)c(N(C(=O)c2sc(C)nc2C)[C@@H](C(=O)NC(C)(C)C)c2ccncc2)c1. The molecule has 1 N–H and O–H groups in total. The predicted molar refractivity (Wildman–Crippen MR) is 129 cm³/mol. The van der Waals surface area contributed by atoms with Gasteiger partial charge in [-0.3, -0.25) is 19.5 Å². The third kappa shape index (κ3) is 5.22. The highest BCUT2D eigenvalue weighted by Crippen LogP contribution is 2.34. The van der Waals surface area contributed by atoms with Crippen LogP contribution in [-0.2, 0) is 4.79 Å². The van der Waals surface area contributed by atoms with Gasteiger partial charge >= 0.3 is 0 Å². The van der Waals surface area contributed by atoms with Crippen LogP contribution in [-0.4, -0.2) is 27.3 Å². The molecule has 0 aliphatic heterocycles. The third-order valence-electron chi connectivity index (χ3n) is 4.97. The zero-order valence-electron chi connectivity index (χ0n) is 19.7. The zero-order chi connectivity index (χ0) is 23.6. The Labute approximate surface area is 193 Å². The fourth-order valence-corrected chi connectivity index (χ4v) is 4.44. The van der Waals surface area contributed by atoms with Gasteiger partial charge in [-0.25, -0.2) is 4.98 Å². The van der Waals surface area contributed by atoms with E-state index in [4.69, 9.17) is 0 Å². The van der Waals surface area contributed by atoms with E-state index in [2.05, 4.69) is 15.3 Å². The molecule has 0 radical (unpaired) electrons. The summed E-state index contributed by atoms with van der Waals surface area (Å²) in [4.78, 5) is 38.4. The largest absolute Gasteiger partial charge is 0.349 e. The number of carbonyl (C=O) groups is 2. The number of benzene rings is 1. The van der Waals surface area contributed by atoms with Crippen molar-refractivity contribution < 1.29 is 9.59 Å². The van der Waals surface area contributed by atoms with Gasteiger partial charge in [-0.2, -0.15) is 0 Å². The Hall–Kier alpha value is -3.06. The molecule has 2 heterocycles. The Bertz CT molecular complexity index is 1130. The van der Waals surface area contributed by atoms with Crippen LogP contribution in [0.25, 0.3) is 0 Å². The standard InChI is InChI=1S/C25H30N4O2S/c1-15-8-9-16(2)20(14-15)29(24(31)22-17(3)27-18(4)32-22)21(19-10-12-26-13-11-19)23(30)28-25(5,6)7/h8-14,21H,1-7H3,(H,28,30)/t21-/m1/s1. The minimum Gasteiger partial charge on any atom is -0.349 e. The highest BCUT2D eigenvalue weighted by Gasteiger charge is 2.36. The van der Waals surface area contributed by atoms with Crippen LogP contribution < -0.4 is 10.2 Å². The lowest BCUT2D eigenvalue weighted by Crippen LogP contribution is -2.49. The minimum absolute atomic E-state index is 0.243. The molecule has 32 heavy (non-hydrogen) atoms. The van der Waals surface area contributed by atoms with E-state index in [1.165, 1.54) is 11.3 Å². The Morgan fingerprint density at radius 1 is 1.03 bits per heavy atom. The van der Waals surface area contributed by atoms with Crippen LogP contribution in [0.2, 0.25) is 0 Å². The van der Waals surface area contributed by atoms with Crippen LogP contribution in [0.4, 0.5) is 5.69 Å². The summed E-state index contributed by atoms with van der Waals surface area (Å²) in [6.45, 7) is 13.4. The molecule has 0 saturated carbocycles. The van der Waals surface area contributed by atoms with Crippen LogP contribution in [0.3, 0.4) is 0 Å². The van der Waals surface area contributed by atoms with Crippen LogP contribution in [0.5, 0.6) is 0 Å². The maximum Gasteiger partial charge on any atom is 0.271 e. The zero-order valence-corrected chi connectivity index (χ0v) is 20.5. The maximum atomic E-state index is 14.0. The van der Waals surface area contributed by atoms with Crippen molar-refractivity contribution in [3.8, 4) is 0 Å². The monoisotopic (exact) mass is 450 g/mol. The number of thiazole rings is 1. The number of carbonyl (C=O) groups excluding carboxylic acids is 2. The van der Waals surface area contributed by atoms with E-state index in [1.807, 2.05) is 66.7 Å². The van der Waals surface area contributed by atoms with Crippen molar-refractivity contribution >= 4 is 28.8 Å². The van der Waals surface area contributed by atoms with E-state index in [0.717, 1.165) is 16.1 Å². The molecule has 1 aromatic carbocycles. The van der Waals surface area contributed by atoms with Gasteiger partial charge in [-0.05, 0) is 83.4 Å². The summed E-state index contributed by atoms with van der Waals surface area (Å²) in [5.74, 6) is -0.496. The lowest BCUT2D eigenvalue weighted by molar-refractivity contribution is -0.123. The van der Waals surface area contributed by atoms with Gasteiger partial charge in [0.1, 0.15) is 10.9 Å². The van der Waals surface area contributed by atoms with Gasteiger partial charge in [-0.1, -0.05) is 12.1 Å². The number of aromatic nitrogens is 2. The second-order valence-electron chi connectivity index (χ2n) is 9.03. The molecule has 7 heteroatoms. The van der Waals surface area contributed by atoms with Crippen molar-refractivity contribution in [1.29, 1.82) is 0 Å². The van der Waals surface area contributed by atoms with Crippen LogP contribution in [0, 0.1) is 27.7 Å². The van der Waals surface area contributed by atoms with Gasteiger partial charge < -0.3 is 5.32 Å². The van der Waals surface area contributed by atoms with Crippen molar-refractivity contribution in [3.63, 3.8) is 0 Å². The lowest BCUT2D eigenvalue weighted by atomic mass is 10.00. The Kier molecular flexibility index (Phi) is 6.79. The summed E-state index contributed by atoms with van der Waals surface area (Å²) in [5.41, 5.74) is 3.50. The van der Waals surface area contributed by atoms with Crippen molar-refractivity contribution in [2.24, 2.45) is 0 Å². The molecule has 0 aliphatic carbocycles. The van der Waals surface area contributed by atoms with Crippen molar-refractivity contribution in [2.75, 3.05) is 4.90 Å². The van der Waals surface area contributed by atoms with Crippen molar-refractivity contribution in [3.05, 3.63) is 75.0 Å².